The number of carbonyl (C=O) groups excluding carboxylic acids is 2. The van der Waals surface area contributed by atoms with Gasteiger partial charge in [-0.1, -0.05) is 12.1 Å². The molecule has 2 aromatic heterocycles. The average Bonchev–Trinajstić information content (AvgIpc) is 3.51. The highest BCUT2D eigenvalue weighted by Gasteiger charge is 2.51. The first-order valence-corrected chi connectivity index (χ1v) is 12.5. The van der Waals surface area contributed by atoms with Crippen LogP contribution in [0.3, 0.4) is 0 Å². The standard InChI is InChI=1S/C25H30FN5O3S/c1-5-27-21(32)19-15-35-22(29-19)25(20-10-12-28-30-20)11-13-31(23(33)34-24(2,3)4)14-18(25)16-6-8-17(26)9-7-16/h6-10,12,15,18H,5,11,13-14H2,1-4H3,(H,27,32)(H,28,30). The normalized spacial score (nSPS) is 20.5. The molecule has 1 aliphatic heterocycles. The van der Waals surface area contributed by atoms with Gasteiger partial charge in [-0.05, 0) is 57.9 Å². The second kappa shape index (κ2) is 9.77. The van der Waals surface area contributed by atoms with Crippen LogP contribution in [-0.2, 0) is 10.2 Å². The van der Waals surface area contributed by atoms with Crippen molar-refractivity contribution in [1.29, 1.82) is 0 Å². The molecule has 8 nitrogen and oxygen atoms in total. The van der Waals surface area contributed by atoms with E-state index in [4.69, 9.17) is 9.72 Å². The summed E-state index contributed by atoms with van der Waals surface area (Å²) in [6.45, 7) is 8.60. The van der Waals surface area contributed by atoms with Crippen molar-refractivity contribution in [3.63, 3.8) is 0 Å². The molecule has 2 unspecified atom stereocenters. The molecular formula is C25H30FN5O3S. The Kier molecular flexibility index (Phi) is 6.93. The third kappa shape index (κ3) is 5.07. The van der Waals surface area contributed by atoms with E-state index in [9.17, 15) is 14.0 Å². The lowest BCUT2D eigenvalue weighted by Gasteiger charge is -2.46. The summed E-state index contributed by atoms with van der Waals surface area (Å²) in [5.41, 5.74) is 0.689. The monoisotopic (exact) mass is 499 g/mol. The van der Waals surface area contributed by atoms with Crippen molar-refractivity contribution in [1.82, 2.24) is 25.4 Å². The number of likely N-dealkylation sites (tertiary alicyclic amines) is 1. The first-order valence-electron chi connectivity index (χ1n) is 11.6. The molecule has 2 atom stereocenters. The minimum absolute atomic E-state index is 0.237. The predicted octanol–water partition coefficient (Wildman–Crippen LogP) is 4.47. The molecule has 0 bridgehead atoms. The average molecular weight is 500 g/mol. The number of aromatic nitrogens is 3. The van der Waals surface area contributed by atoms with Crippen LogP contribution in [0.15, 0.2) is 41.9 Å². The second-order valence-electron chi connectivity index (χ2n) is 9.62. The van der Waals surface area contributed by atoms with Crippen molar-refractivity contribution in [3.05, 3.63) is 69.7 Å². The van der Waals surface area contributed by atoms with Gasteiger partial charge in [0.1, 0.15) is 22.1 Å². The zero-order valence-electron chi connectivity index (χ0n) is 20.3. The van der Waals surface area contributed by atoms with E-state index in [1.807, 2.05) is 33.8 Å². The lowest BCUT2D eigenvalue weighted by molar-refractivity contribution is 0.0148. The van der Waals surface area contributed by atoms with Gasteiger partial charge in [0.2, 0.25) is 0 Å². The lowest BCUT2D eigenvalue weighted by atomic mass is 9.65. The van der Waals surface area contributed by atoms with Gasteiger partial charge in [0.15, 0.2) is 0 Å². The predicted molar refractivity (Wildman–Crippen MR) is 131 cm³/mol. The van der Waals surface area contributed by atoms with E-state index in [2.05, 4.69) is 15.5 Å². The number of piperidine rings is 1. The van der Waals surface area contributed by atoms with Crippen molar-refractivity contribution in [2.45, 2.75) is 51.0 Å². The van der Waals surface area contributed by atoms with E-state index in [-0.39, 0.29) is 17.6 Å². The maximum absolute atomic E-state index is 13.8. The van der Waals surface area contributed by atoms with Crippen LogP contribution < -0.4 is 5.32 Å². The number of nitrogens with zero attached hydrogens (tertiary/aromatic N) is 3. The lowest BCUT2D eigenvalue weighted by Crippen LogP contribution is -2.52. The Hall–Kier alpha value is -3.27. The van der Waals surface area contributed by atoms with Crippen LogP contribution in [0.4, 0.5) is 9.18 Å². The van der Waals surface area contributed by atoms with Crippen LogP contribution >= 0.6 is 11.3 Å². The fraction of sp³-hybridized carbons (Fsp3) is 0.440. The highest BCUT2D eigenvalue weighted by molar-refractivity contribution is 7.10. The summed E-state index contributed by atoms with van der Waals surface area (Å²) in [6, 6.07) is 8.21. The molecule has 2 amide bonds. The van der Waals surface area contributed by atoms with Gasteiger partial charge in [-0.15, -0.1) is 11.3 Å². The number of thiazole rings is 1. The largest absolute Gasteiger partial charge is 0.444 e. The molecule has 1 saturated heterocycles. The maximum atomic E-state index is 13.8. The molecule has 186 valence electrons. The zero-order chi connectivity index (χ0) is 25.2. The smallest absolute Gasteiger partial charge is 0.410 e. The molecule has 35 heavy (non-hydrogen) atoms. The SMILES string of the molecule is CCNC(=O)c1csc(C2(c3ccn[nH]3)CCN(C(=O)OC(C)(C)C)CC2c2ccc(F)cc2)n1. The number of H-pyrrole nitrogens is 1. The molecule has 4 rings (SSSR count). The van der Waals surface area contributed by atoms with Gasteiger partial charge in [0, 0.05) is 42.8 Å². The third-order valence-electron chi connectivity index (χ3n) is 6.14. The molecule has 1 aliphatic rings. The van der Waals surface area contributed by atoms with Crippen LogP contribution in [0.5, 0.6) is 0 Å². The highest BCUT2D eigenvalue weighted by Crippen LogP contribution is 2.50. The van der Waals surface area contributed by atoms with E-state index in [0.717, 1.165) is 16.3 Å². The van der Waals surface area contributed by atoms with Crippen molar-refractivity contribution in [2.75, 3.05) is 19.6 Å². The molecule has 10 heteroatoms. The zero-order valence-corrected chi connectivity index (χ0v) is 21.1. The van der Waals surface area contributed by atoms with Gasteiger partial charge in [0.25, 0.3) is 5.91 Å². The summed E-state index contributed by atoms with van der Waals surface area (Å²) in [5, 5.41) is 12.6. The molecular weight excluding hydrogens is 469 g/mol. The van der Waals surface area contributed by atoms with Crippen molar-refractivity contribution < 1.29 is 18.7 Å². The topological polar surface area (TPSA) is 100 Å². The number of hydrogen-bond acceptors (Lipinski definition) is 6. The first-order chi connectivity index (χ1) is 16.6. The number of carbonyl (C=O) groups is 2. The number of amides is 2. The number of nitrogens with one attached hydrogen (secondary N) is 2. The summed E-state index contributed by atoms with van der Waals surface area (Å²) in [4.78, 5) is 31.9. The van der Waals surface area contributed by atoms with Crippen LogP contribution in [0.25, 0.3) is 0 Å². The quantitative estimate of drug-likeness (QED) is 0.540. The third-order valence-corrected chi connectivity index (χ3v) is 7.16. The van der Waals surface area contributed by atoms with Gasteiger partial charge in [-0.25, -0.2) is 14.2 Å². The molecule has 1 fully saturated rings. The number of halogens is 1. The summed E-state index contributed by atoms with van der Waals surface area (Å²) < 4.78 is 19.5. The Labute approximate surface area is 207 Å². The fourth-order valence-corrected chi connectivity index (χ4v) is 5.66. The maximum Gasteiger partial charge on any atom is 0.410 e. The number of hydrogen-bond donors (Lipinski definition) is 2. The summed E-state index contributed by atoms with van der Waals surface area (Å²) in [6.07, 6.45) is 1.79. The highest BCUT2D eigenvalue weighted by atomic mass is 32.1. The minimum Gasteiger partial charge on any atom is -0.444 e. The second-order valence-corrected chi connectivity index (χ2v) is 10.5. The Morgan fingerprint density at radius 2 is 2.03 bits per heavy atom. The van der Waals surface area contributed by atoms with E-state index < -0.39 is 17.1 Å². The molecule has 0 saturated carbocycles. The van der Waals surface area contributed by atoms with Gasteiger partial charge in [0.05, 0.1) is 5.41 Å². The van der Waals surface area contributed by atoms with E-state index in [1.54, 1.807) is 28.6 Å². The molecule has 0 aliphatic carbocycles. The number of ether oxygens (including phenoxy) is 1. The van der Waals surface area contributed by atoms with E-state index >= 15 is 0 Å². The summed E-state index contributed by atoms with van der Waals surface area (Å²) in [5.74, 6) is -0.870. The van der Waals surface area contributed by atoms with Gasteiger partial charge in [-0.3, -0.25) is 9.89 Å². The molecule has 3 heterocycles. The van der Waals surface area contributed by atoms with Gasteiger partial charge >= 0.3 is 6.09 Å². The molecule has 1 aromatic carbocycles. The van der Waals surface area contributed by atoms with E-state index in [1.165, 1.54) is 23.5 Å². The Bertz CT molecular complexity index is 1170. The molecule has 0 radical (unpaired) electrons. The first kappa shape index (κ1) is 24.8. The molecule has 0 spiro atoms. The minimum atomic E-state index is -0.706. The van der Waals surface area contributed by atoms with Gasteiger partial charge < -0.3 is 15.0 Å². The van der Waals surface area contributed by atoms with Crippen LogP contribution in [0, 0.1) is 5.82 Å². The summed E-state index contributed by atoms with van der Waals surface area (Å²) in [7, 11) is 0. The number of aromatic amines is 1. The fourth-order valence-electron chi connectivity index (χ4n) is 4.56. The molecule has 2 N–H and O–H groups in total. The van der Waals surface area contributed by atoms with Crippen LogP contribution in [0.1, 0.15) is 66.8 Å². The Morgan fingerprint density at radius 1 is 1.29 bits per heavy atom. The van der Waals surface area contributed by atoms with Crippen molar-refractivity contribution in [2.24, 2.45) is 0 Å². The summed E-state index contributed by atoms with van der Waals surface area (Å²) >= 11 is 1.40. The van der Waals surface area contributed by atoms with Crippen LogP contribution in [-0.4, -0.2) is 57.3 Å². The van der Waals surface area contributed by atoms with Crippen LogP contribution in [0.2, 0.25) is 0 Å². The number of benzene rings is 1. The molecule has 3 aromatic rings. The van der Waals surface area contributed by atoms with E-state index in [0.29, 0.717) is 31.7 Å². The van der Waals surface area contributed by atoms with Crippen molar-refractivity contribution >= 4 is 23.3 Å². The van der Waals surface area contributed by atoms with Crippen molar-refractivity contribution in [3.8, 4) is 0 Å². The van der Waals surface area contributed by atoms with Gasteiger partial charge in [-0.2, -0.15) is 5.10 Å². The Balaban J connectivity index is 1.82. The Morgan fingerprint density at radius 3 is 2.66 bits per heavy atom. The number of rotatable bonds is 5.